The second-order valence-electron chi connectivity index (χ2n) is 7.25. The average molecular weight is 462 g/mol. The summed E-state index contributed by atoms with van der Waals surface area (Å²) >= 11 is 1.57. The molecule has 1 saturated heterocycles. The van der Waals surface area contributed by atoms with E-state index in [-0.39, 0.29) is 24.9 Å². The number of ether oxygens (including phenoxy) is 2. The summed E-state index contributed by atoms with van der Waals surface area (Å²) < 4.78 is 12.3. The van der Waals surface area contributed by atoms with E-state index in [9.17, 15) is 4.79 Å². The first-order chi connectivity index (χ1) is 14.7. The first kappa shape index (κ1) is 23.5. The standard InChI is InChI=1S/C23H27N3O3S.ClH/c1-2-18-8-9-20-21(16-18)30-23(24-20)26(11-10-25-12-14-28-15-13-25)22(27)17-29-19-6-4-3-5-7-19;/h3-9,16H,2,10-15,17H2,1H3;1H. The van der Waals surface area contributed by atoms with Crippen molar-refractivity contribution in [1.29, 1.82) is 0 Å². The van der Waals surface area contributed by atoms with E-state index in [2.05, 4.69) is 24.0 Å². The van der Waals surface area contributed by atoms with Gasteiger partial charge < -0.3 is 9.47 Å². The fraction of sp³-hybridized carbons (Fsp3) is 0.391. The van der Waals surface area contributed by atoms with Crippen LogP contribution in [0.1, 0.15) is 12.5 Å². The van der Waals surface area contributed by atoms with Crippen LogP contribution in [0.3, 0.4) is 0 Å². The van der Waals surface area contributed by atoms with Crippen molar-refractivity contribution >= 4 is 45.0 Å². The molecule has 1 fully saturated rings. The third kappa shape index (κ3) is 6.17. The molecular formula is C23H28ClN3O3S. The van der Waals surface area contributed by atoms with E-state index in [0.29, 0.717) is 12.3 Å². The predicted octanol–water partition coefficient (Wildman–Crippen LogP) is 4.02. The number of anilines is 1. The molecule has 0 saturated carbocycles. The van der Waals surface area contributed by atoms with Gasteiger partial charge in [0.2, 0.25) is 0 Å². The SMILES string of the molecule is CCc1ccc2nc(N(CCN3CCOCC3)C(=O)COc3ccccc3)sc2c1.Cl. The van der Waals surface area contributed by atoms with Crippen molar-refractivity contribution in [2.24, 2.45) is 0 Å². The van der Waals surface area contributed by atoms with Crippen molar-refractivity contribution < 1.29 is 14.3 Å². The summed E-state index contributed by atoms with van der Waals surface area (Å²) in [6, 6.07) is 15.7. The predicted molar refractivity (Wildman–Crippen MR) is 128 cm³/mol. The minimum atomic E-state index is -0.0816. The van der Waals surface area contributed by atoms with Crippen molar-refractivity contribution in [2.75, 3.05) is 50.9 Å². The molecule has 0 unspecified atom stereocenters. The van der Waals surface area contributed by atoms with Crippen LogP contribution in [0.25, 0.3) is 10.2 Å². The van der Waals surface area contributed by atoms with Gasteiger partial charge >= 0.3 is 0 Å². The summed E-state index contributed by atoms with van der Waals surface area (Å²) in [6.07, 6.45) is 0.980. The van der Waals surface area contributed by atoms with Crippen LogP contribution in [-0.4, -0.2) is 61.8 Å². The van der Waals surface area contributed by atoms with Crippen LogP contribution in [0.4, 0.5) is 5.13 Å². The highest BCUT2D eigenvalue weighted by Crippen LogP contribution is 2.30. The average Bonchev–Trinajstić information content (AvgIpc) is 3.22. The number of aryl methyl sites for hydroxylation is 1. The van der Waals surface area contributed by atoms with Crippen LogP contribution in [0.15, 0.2) is 48.5 Å². The summed E-state index contributed by atoms with van der Waals surface area (Å²) in [5, 5.41) is 0.730. The number of hydrogen-bond donors (Lipinski definition) is 0. The molecule has 1 aromatic heterocycles. The van der Waals surface area contributed by atoms with Crippen molar-refractivity contribution in [3.05, 3.63) is 54.1 Å². The van der Waals surface area contributed by atoms with Crippen molar-refractivity contribution in [2.45, 2.75) is 13.3 Å². The minimum absolute atomic E-state index is 0. The van der Waals surface area contributed by atoms with Gasteiger partial charge in [-0.25, -0.2) is 4.98 Å². The van der Waals surface area contributed by atoms with Crippen LogP contribution in [0, 0.1) is 0 Å². The zero-order chi connectivity index (χ0) is 20.8. The van der Waals surface area contributed by atoms with Crippen LogP contribution >= 0.6 is 23.7 Å². The number of benzene rings is 2. The number of carbonyl (C=O) groups is 1. The van der Waals surface area contributed by atoms with Gasteiger partial charge in [0.1, 0.15) is 5.75 Å². The van der Waals surface area contributed by atoms with Gasteiger partial charge in [-0.1, -0.05) is 42.5 Å². The quantitative estimate of drug-likeness (QED) is 0.507. The third-order valence-electron chi connectivity index (χ3n) is 5.23. The first-order valence-electron chi connectivity index (χ1n) is 10.4. The van der Waals surface area contributed by atoms with Gasteiger partial charge in [0.05, 0.1) is 23.4 Å². The maximum Gasteiger partial charge on any atom is 0.266 e. The molecule has 1 aliphatic rings. The van der Waals surface area contributed by atoms with Crippen molar-refractivity contribution in [3.8, 4) is 5.75 Å². The Labute approximate surface area is 193 Å². The highest BCUT2D eigenvalue weighted by atomic mass is 35.5. The second-order valence-corrected chi connectivity index (χ2v) is 8.26. The first-order valence-corrected chi connectivity index (χ1v) is 11.2. The number of halogens is 1. The molecule has 0 N–H and O–H groups in total. The normalized spacial score (nSPS) is 14.2. The van der Waals surface area contributed by atoms with Crippen molar-refractivity contribution in [1.82, 2.24) is 9.88 Å². The van der Waals surface area contributed by atoms with E-state index in [0.717, 1.165) is 54.6 Å². The summed E-state index contributed by atoms with van der Waals surface area (Å²) in [5.74, 6) is 0.609. The van der Waals surface area contributed by atoms with Crippen LogP contribution in [-0.2, 0) is 16.0 Å². The van der Waals surface area contributed by atoms with E-state index in [1.807, 2.05) is 36.4 Å². The summed E-state index contributed by atoms with van der Waals surface area (Å²) in [5.41, 5.74) is 2.21. The lowest BCUT2D eigenvalue weighted by atomic mass is 10.2. The topological polar surface area (TPSA) is 54.9 Å². The largest absolute Gasteiger partial charge is 0.484 e. The van der Waals surface area contributed by atoms with E-state index in [4.69, 9.17) is 14.5 Å². The Kier molecular flexibility index (Phi) is 8.66. The molecule has 8 heteroatoms. The minimum Gasteiger partial charge on any atom is -0.484 e. The zero-order valence-corrected chi connectivity index (χ0v) is 19.3. The Morgan fingerprint density at radius 2 is 1.97 bits per heavy atom. The number of thiazole rings is 1. The highest BCUT2D eigenvalue weighted by Gasteiger charge is 2.22. The molecule has 0 aliphatic carbocycles. The molecule has 166 valence electrons. The van der Waals surface area contributed by atoms with E-state index in [1.54, 1.807) is 16.2 Å². The Hall–Kier alpha value is -2.19. The van der Waals surface area contributed by atoms with Crippen molar-refractivity contribution in [3.63, 3.8) is 0 Å². The molecule has 0 spiro atoms. The molecule has 3 aromatic rings. The van der Waals surface area contributed by atoms with Crippen LogP contribution in [0.2, 0.25) is 0 Å². The molecule has 2 heterocycles. The van der Waals surface area contributed by atoms with Gasteiger partial charge in [-0.05, 0) is 36.2 Å². The highest BCUT2D eigenvalue weighted by molar-refractivity contribution is 7.22. The smallest absolute Gasteiger partial charge is 0.266 e. The number of amides is 1. The maximum atomic E-state index is 13.1. The molecule has 1 aliphatic heterocycles. The van der Waals surface area contributed by atoms with Gasteiger partial charge in [-0.2, -0.15) is 0 Å². The van der Waals surface area contributed by atoms with E-state index in [1.165, 1.54) is 5.56 Å². The number of aromatic nitrogens is 1. The second kappa shape index (κ2) is 11.4. The number of fused-ring (bicyclic) bond motifs is 1. The number of morpholine rings is 1. The third-order valence-corrected chi connectivity index (χ3v) is 6.27. The van der Waals surface area contributed by atoms with E-state index < -0.39 is 0 Å². The van der Waals surface area contributed by atoms with E-state index >= 15 is 0 Å². The number of para-hydroxylation sites is 1. The lowest BCUT2D eigenvalue weighted by Gasteiger charge is -2.29. The molecule has 6 nitrogen and oxygen atoms in total. The van der Waals surface area contributed by atoms with Gasteiger partial charge in [0.15, 0.2) is 11.7 Å². The number of nitrogens with zero attached hydrogens (tertiary/aromatic N) is 3. The molecule has 0 radical (unpaired) electrons. The fourth-order valence-corrected chi connectivity index (χ4v) is 4.50. The van der Waals surface area contributed by atoms with Gasteiger partial charge in [0.25, 0.3) is 5.91 Å². The molecule has 1 amide bonds. The van der Waals surface area contributed by atoms with Crippen LogP contribution < -0.4 is 9.64 Å². The van der Waals surface area contributed by atoms with Gasteiger partial charge in [0, 0.05) is 26.2 Å². The zero-order valence-electron chi connectivity index (χ0n) is 17.7. The molecule has 0 bridgehead atoms. The number of carbonyl (C=O) groups excluding carboxylic acids is 1. The Morgan fingerprint density at radius 3 is 2.71 bits per heavy atom. The monoisotopic (exact) mass is 461 g/mol. The summed E-state index contributed by atoms with van der Waals surface area (Å²) in [6.45, 7) is 6.77. The molecule has 2 aromatic carbocycles. The number of hydrogen-bond acceptors (Lipinski definition) is 6. The van der Waals surface area contributed by atoms with Gasteiger partial charge in [-0.15, -0.1) is 12.4 Å². The lowest BCUT2D eigenvalue weighted by Crippen LogP contribution is -2.44. The Balaban J connectivity index is 0.00000272. The molecule has 31 heavy (non-hydrogen) atoms. The number of rotatable bonds is 8. The van der Waals surface area contributed by atoms with Gasteiger partial charge in [-0.3, -0.25) is 14.6 Å². The Morgan fingerprint density at radius 1 is 1.19 bits per heavy atom. The fourth-order valence-electron chi connectivity index (χ4n) is 3.43. The maximum absolute atomic E-state index is 13.1. The van der Waals surface area contributed by atoms with Crippen LogP contribution in [0.5, 0.6) is 5.75 Å². The molecule has 0 atom stereocenters. The molecule has 4 rings (SSSR count). The Bertz CT molecular complexity index is 977. The summed E-state index contributed by atoms with van der Waals surface area (Å²) in [4.78, 5) is 22.0. The summed E-state index contributed by atoms with van der Waals surface area (Å²) in [7, 11) is 0. The lowest BCUT2D eigenvalue weighted by molar-refractivity contribution is -0.120. The molecular weight excluding hydrogens is 434 g/mol.